The second-order valence-electron chi connectivity index (χ2n) is 4.22. The Balaban J connectivity index is 2.43. The topological polar surface area (TPSA) is 40.9 Å². The van der Waals surface area contributed by atoms with Crippen molar-refractivity contribution in [1.82, 2.24) is 0 Å². The first-order valence-corrected chi connectivity index (χ1v) is 8.12. The molecule has 0 aliphatic rings. The van der Waals surface area contributed by atoms with Gasteiger partial charge in [0.25, 0.3) is 0 Å². The summed E-state index contributed by atoms with van der Waals surface area (Å²) in [5, 5.41) is 10.0. The number of hydrogen-bond acceptors (Lipinski definition) is 2. The fourth-order valence-corrected chi connectivity index (χ4v) is 3.37. The maximum Gasteiger partial charge on any atom is 0.185 e. The molecule has 0 radical (unpaired) electrons. The molecule has 0 amide bonds. The van der Waals surface area contributed by atoms with Crippen LogP contribution in [0.5, 0.6) is 0 Å². The Morgan fingerprint density at radius 3 is 2.38 bits per heavy atom. The molecule has 2 nitrogen and oxygen atoms in total. The molecule has 6 heteroatoms. The minimum Gasteiger partial charge on any atom is -0.292 e. The van der Waals surface area contributed by atoms with Crippen LogP contribution in [0.15, 0.2) is 45.3 Å². The number of carbonyl (C=O) groups excluding carboxylic acids is 1. The van der Waals surface area contributed by atoms with E-state index in [2.05, 4.69) is 31.9 Å². The number of carbonyl (C=O) groups is 1. The van der Waals surface area contributed by atoms with Gasteiger partial charge in [-0.25, -0.2) is 0 Å². The SMILES string of the molecule is N#CC(C(=O)c1ccc(Br)cc1Br)c1ccc(Cl)c(Cl)c1. The Morgan fingerprint density at radius 2 is 1.81 bits per heavy atom. The van der Waals surface area contributed by atoms with Gasteiger partial charge in [-0.15, -0.1) is 0 Å². The summed E-state index contributed by atoms with van der Waals surface area (Å²) in [6.07, 6.45) is 0. The zero-order chi connectivity index (χ0) is 15.6. The highest BCUT2D eigenvalue weighted by Crippen LogP contribution is 2.30. The van der Waals surface area contributed by atoms with E-state index < -0.39 is 5.92 Å². The zero-order valence-electron chi connectivity index (χ0n) is 10.4. The van der Waals surface area contributed by atoms with Gasteiger partial charge < -0.3 is 0 Å². The molecule has 0 spiro atoms. The summed E-state index contributed by atoms with van der Waals surface area (Å²) in [5.74, 6) is -1.23. The van der Waals surface area contributed by atoms with E-state index in [1.165, 1.54) is 0 Å². The molecular weight excluding hydrogens is 441 g/mol. The predicted molar refractivity (Wildman–Crippen MR) is 91.0 cm³/mol. The van der Waals surface area contributed by atoms with E-state index in [0.29, 0.717) is 25.6 Å². The molecule has 106 valence electrons. The largest absolute Gasteiger partial charge is 0.292 e. The van der Waals surface area contributed by atoms with E-state index in [0.717, 1.165) is 4.47 Å². The number of halogens is 4. The number of rotatable bonds is 3. The highest BCUT2D eigenvalue weighted by atomic mass is 79.9. The Kier molecular flexibility index (Phi) is 5.45. The maximum atomic E-state index is 12.6. The first-order chi connectivity index (χ1) is 9.93. The second-order valence-corrected chi connectivity index (χ2v) is 6.81. The molecule has 0 aliphatic carbocycles. The van der Waals surface area contributed by atoms with E-state index >= 15 is 0 Å². The molecule has 2 rings (SSSR count). The van der Waals surface area contributed by atoms with Gasteiger partial charge in [0, 0.05) is 14.5 Å². The molecule has 0 aliphatic heterocycles. The third-order valence-electron chi connectivity index (χ3n) is 2.86. The lowest BCUT2D eigenvalue weighted by Gasteiger charge is -2.11. The van der Waals surface area contributed by atoms with Gasteiger partial charge in [0.15, 0.2) is 5.78 Å². The quantitative estimate of drug-likeness (QED) is 0.541. The molecule has 1 unspecified atom stereocenters. The van der Waals surface area contributed by atoms with E-state index in [9.17, 15) is 10.1 Å². The van der Waals surface area contributed by atoms with Gasteiger partial charge in [-0.05, 0) is 35.9 Å². The lowest BCUT2D eigenvalue weighted by atomic mass is 9.92. The molecule has 0 saturated heterocycles. The minimum absolute atomic E-state index is 0.296. The van der Waals surface area contributed by atoms with Crippen LogP contribution in [0.3, 0.4) is 0 Å². The third-order valence-corrected chi connectivity index (χ3v) is 4.75. The Morgan fingerprint density at radius 1 is 1.10 bits per heavy atom. The average molecular weight is 448 g/mol. The van der Waals surface area contributed by atoms with Gasteiger partial charge in [-0.1, -0.05) is 61.1 Å². The van der Waals surface area contributed by atoms with Gasteiger partial charge >= 0.3 is 0 Å². The van der Waals surface area contributed by atoms with Crippen molar-refractivity contribution in [2.45, 2.75) is 5.92 Å². The number of nitriles is 1. The van der Waals surface area contributed by atoms with Gasteiger partial charge in [0.05, 0.1) is 16.1 Å². The summed E-state index contributed by atoms with van der Waals surface area (Å²) in [5.41, 5.74) is 0.961. The first kappa shape index (κ1) is 16.5. The Bertz CT molecular complexity index is 756. The summed E-state index contributed by atoms with van der Waals surface area (Å²) in [6, 6.07) is 12.0. The summed E-state index contributed by atoms with van der Waals surface area (Å²) < 4.78 is 1.47. The predicted octanol–water partition coefficient (Wildman–Crippen LogP) is 6.01. The van der Waals surface area contributed by atoms with Crippen molar-refractivity contribution < 1.29 is 4.79 Å². The first-order valence-electron chi connectivity index (χ1n) is 5.78. The van der Waals surface area contributed by atoms with Crippen molar-refractivity contribution in [2.24, 2.45) is 0 Å². The average Bonchev–Trinajstić information content (AvgIpc) is 2.43. The van der Waals surface area contributed by atoms with Crippen LogP contribution in [-0.4, -0.2) is 5.78 Å². The van der Waals surface area contributed by atoms with Crippen molar-refractivity contribution in [2.75, 3.05) is 0 Å². The number of nitrogens with zero attached hydrogens (tertiary/aromatic N) is 1. The van der Waals surface area contributed by atoms with E-state index in [-0.39, 0.29) is 5.78 Å². The van der Waals surface area contributed by atoms with Crippen LogP contribution in [-0.2, 0) is 0 Å². The molecule has 0 aromatic heterocycles. The normalized spacial score (nSPS) is 11.8. The number of Topliss-reactive ketones (excluding diaryl/α,β-unsaturated/α-hetero) is 1. The van der Waals surface area contributed by atoms with Crippen LogP contribution in [0, 0.1) is 11.3 Å². The molecule has 0 fully saturated rings. The van der Waals surface area contributed by atoms with Crippen molar-refractivity contribution in [1.29, 1.82) is 5.26 Å². The van der Waals surface area contributed by atoms with Crippen molar-refractivity contribution in [3.05, 3.63) is 66.5 Å². The molecule has 1 atom stereocenters. The van der Waals surface area contributed by atoms with Crippen LogP contribution in [0.1, 0.15) is 21.8 Å². The lowest BCUT2D eigenvalue weighted by molar-refractivity contribution is 0.0978. The molecule has 21 heavy (non-hydrogen) atoms. The van der Waals surface area contributed by atoms with E-state index in [4.69, 9.17) is 23.2 Å². The second kappa shape index (κ2) is 6.93. The van der Waals surface area contributed by atoms with Crippen molar-refractivity contribution in [3.63, 3.8) is 0 Å². The Labute approximate surface area is 148 Å². The summed E-state index contributed by atoms with van der Waals surface area (Å²) in [4.78, 5) is 12.6. The van der Waals surface area contributed by atoms with E-state index in [1.807, 2.05) is 6.07 Å². The summed E-state index contributed by atoms with van der Waals surface area (Å²) in [6.45, 7) is 0. The van der Waals surface area contributed by atoms with Crippen LogP contribution >= 0.6 is 55.1 Å². The van der Waals surface area contributed by atoms with Gasteiger partial charge in [-0.3, -0.25) is 4.79 Å². The van der Waals surface area contributed by atoms with Gasteiger partial charge in [0.1, 0.15) is 5.92 Å². The Hall–Kier alpha value is -0.860. The molecule has 0 saturated carbocycles. The molecule has 2 aromatic carbocycles. The van der Waals surface area contributed by atoms with Crippen LogP contribution in [0.25, 0.3) is 0 Å². The fourth-order valence-electron chi connectivity index (χ4n) is 1.82. The van der Waals surface area contributed by atoms with Crippen molar-refractivity contribution in [3.8, 4) is 6.07 Å². The minimum atomic E-state index is -0.933. The summed E-state index contributed by atoms with van der Waals surface area (Å²) in [7, 11) is 0. The maximum absolute atomic E-state index is 12.6. The molecule has 0 bridgehead atoms. The monoisotopic (exact) mass is 445 g/mol. The van der Waals surface area contributed by atoms with Crippen LogP contribution in [0.2, 0.25) is 10.0 Å². The number of benzene rings is 2. The van der Waals surface area contributed by atoms with E-state index in [1.54, 1.807) is 36.4 Å². The van der Waals surface area contributed by atoms with Crippen molar-refractivity contribution >= 4 is 60.8 Å². The number of hydrogen-bond donors (Lipinski definition) is 0. The molecule has 0 N–H and O–H groups in total. The van der Waals surface area contributed by atoms with Crippen LogP contribution < -0.4 is 0 Å². The van der Waals surface area contributed by atoms with Gasteiger partial charge in [-0.2, -0.15) is 5.26 Å². The molecule has 0 heterocycles. The fraction of sp³-hybridized carbons (Fsp3) is 0.0667. The van der Waals surface area contributed by atoms with Crippen LogP contribution in [0.4, 0.5) is 0 Å². The lowest BCUT2D eigenvalue weighted by Crippen LogP contribution is -2.12. The zero-order valence-corrected chi connectivity index (χ0v) is 15.1. The standard InChI is InChI=1S/C15H7Br2Cl2NO/c16-9-2-3-10(12(17)6-9)15(21)11(7-20)8-1-4-13(18)14(19)5-8/h1-6,11H. The molecular formula is C15H7Br2Cl2NO. The highest BCUT2D eigenvalue weighted by Gasteiger charge is 2.24. The number of ketones is 1. The highest BCUT2D eigenvalue weighted by molar-refractivity contribution is 9.11. The third kappa shape index (κ3) is 3.67. The molecule has 2 aromatic rings. The summed E-state index contributed by atoms with van der Waals surface area (Å²) >= 11 is 18.5. The smallest absolute Gasteiger partial charge is 0.185 e. The van der Waals surface area contributed by atoms with Gasteiger partial charge in [0.2, 0.25) is 0 Å².